The number of carbonyl (C=O) groups excluding carboxylic acids is 1. The number of fused-ring (bicyclic) bond motifs is 1. The smallest absolute Gasteiger partial charge is 0.332 e. The number of rotatable bonds is 3. The van der Waals surface area contributed by atoms with Gasteiger partial charge in [-0.25, -0.2) is 4.79 Å². The van der Waals surface area contributed by atoms with Crippen molar-refractivity contribution in [3.8, 4) is 0 Å². The number of aromatic nitrogens is 3. The van der Waals surface area contributed by atoms with Gasteiger partial charge < -0.3 is 9.47 Å². The quantitative estimate of drug-likeness (QED) is 0.696. The topological polar surface area (TPSA) is 69.2 Å². The number of hydrogen-bond acceptors (Lipinski definition) is 3. The van der Waals surface area contributed by atoms with Gasteiger partial charge in [0, 0.05) is 39.3 Å². The molecule has 3 aromatic rings. The number of hydrogen-bond donors (Lipinski definition) is 0. The summed E-state index contributed by atoms with van der Waals surface area (Å²) < 4.78 is 4.19. The Hall–Kier alpha value is -3.09. The Labute approximate surface area is 156 Å². The number of amides is 1. The predicted octanol–water partition coefficient (Wildman–Crippen LogP) is 1.05. The Morgan fingerprint density at radius 1 is 1.07 bits per heavy atom. The molecule has 1 saturated heterocycles. The summed E-state index contributed by atoms with van der Waals surface area (Å²) in [5.41, 5.74) is 0.996. The van der Waals surface area contributed by atoms with Crippen LogP contribution in [0.5, 0.6) is 0 Å². The van der Waals surface area contributed by atoms with Gasteiger partial charge in [-0.2, -0.15) is 0 Å². The third-order valence-corrected chi connectivity index (χ3v) is 5.48. The molecule has 7 heteroatoms. The SMILES string of the molecule is Cn1c(=O)c2ccn(CC(=O)N3CCC(c4ccccc4)C3)c2n(C)c1=O. The maximum absolute atomic E-state index is 12.8. The molecule has 1 unspecified atom stereocenters. The van der Waals surface area contributed by atoms with E-state index in [9.17, 15) is 14.4 Å². The zero-order valence-corrected chi connectivity index (χ0v) is 15.5. The number of nitrogens with zero attached hydrogens (tertiary/aromatic N) is 4. The molecular weight excluding hydrogens is 344 g/mol. The van der Waals surface area contributed by atoms with Gasteiger partial charge in [-0.3, -0.25) is 18.7 Å². The molecule has 1 aliphatic heterocycles. The molecule has 1 atom stereocenters. The average molecular weight is 366 g/mol. The van der Waals surface area contributed by atoms with Crippen molar-refractivity contribution in [3.05, 3.63) is 69.0 Å². The van der Waals surface area contributed by atoms with Gasteiger partial charge in [-0.1, -0.05) is 30.3 Å². The molecule has 27 heavy (non-hydrogen) atoms. The molecule has 2 aromatic heterocycles. The Morgan fingerprint density at radius 3 is 2.56 bits per heavy atom. The largest absolute Gasteiger partial charge is 0.341 e. The van der Waals surface area contributed by atoms with E-state index in [1.807, 2.05) is 23.1 Å². The van der Waals surface area contributed by atoms with Crippen LogP contribution in [0.2, 0.25) is 0 Å². The molecule has 0 spiro atoms. The Balaban J connectivity index is 1.58. The second kappa shape index (κ2) is 6.57. The monoisotopic (exact) mass is 366 g/mol. The van der Waals surface area contributed by atoms with Crippen molar-refractivity contribution >= 4 is 16.9 Å². The van der Waals surface area contributed by atoms with Gasteiger partial charge in [0.15, 0.2) is 0 Å². The van der Waals surface area contributed by atoms with Gasteiger partial charge in [0.1, 0.15) is 12.2 Å². The molecule has 140 valence electrons. The lowest BCUT2D eigenvalue weighted by Crippen LogP contribution is -2.38. The van der Waals surface area contributed by atoms with Crippen LogP contribution in [0.15, 0.2) is 52.2 Å². The van der Waals surface area contributed by atoms with Crippen molar-refractivity contribution in [1.82, 2.24) is 18.6 Å². The highest BCUT2D eigenvalue weighted by Crippen LogP contribution is 2.27. The summed E-state index contributed by atoms with van der Waals surface area (Å²) in [6.07, 6.45) is 2.65. The summed E-state index contributed by atoms with van der Waals surface area (Å²) in [5, 5.41) is 0.441. The summed E-state index contributed by atoms with van der Waals surface area (Å²) in [5.74, 6) is 0.354. The molecule has 0 aliphatic carbocycles. The standard InChI is InChI=1S/C20H22N4O3/c1-21-18-16(19(26)22(2)20(21)27)9-11-24(18)13-17(25)23-10-8-15(12-23)14-6-4-3-5-7-14/h3-7,9,11,15H,8,10,12-13H2,1-2H3. The van der Waals surface area contributed by atoms with Crippen molar-refractivity contribution in [2.45, 2.75) is 18.9 Å². The van der Waals surface area contributed by atoms with Crippen LogP contribution in [0.1, 0.15) is 17.9 Å². The van der Waals surface area contributed by atoms with Crippen LogP contribution in [-0.4, -0.2) is 37.6 Å². The Bertz CT molecular complexity index is 1120. The molecule has 1 amide bonds. The van der Waals surface area contributed by atoms with E-state index in [1.165, 1.54) is 17.2 Å². The van der Waals surface area contributed by atoms with Gasteiger partial charge in [0.05, 0.1) is 5.39 Å². The maximum Gasteiger partial charge on any atom is 0.332 e. The van der Waals surface area contributed by atoms with Crippen LogP contribution < -0.4 is 11.2 Å². The van der Waals surface area contributed by atoms with E-state index < -0.39 is 5.69 Å². The molecule has 1 aromatic carbocycles. The van der Waals surface area contributed by atoms with Crippen LogP contribution in [0.4, 0.5) is 0 Å². The van der Waals surface area contributed by atoms with Crippen LogP contribution in [-0.2, 0) is 25.4 Å². The minimum atomic E-state index is -0.398. The van der Waals surface area contributed by atoms with E-state index in [1.54, 1.807) is 23.9 Å². The fourth-order valence-electron chi connectivity index (χ4n) is 3.95. The molecule has 0 N–H and O–H groups in total. The van der Waals surface area contributed by atoms with E-state index in [4.69, 9.17) is 0 Å². The predicted molar refractivity (Wildman–Crippen MR) is 103 cm³/mol. The molecule has 7 nitrogen and oxygen atoms in total. The highest BCUT2D eigenvalue weighted by atomic mass is 16.2. The Morgan fingerprint density at radius 2 is 1.81 bits per heavy atom. The fourth-order valence-corrected chi connectivity index (χ4v) is 3.95. The summed E-state index contributed by atoms with van der Waals surface area (Å²) in [6, 6.07) is 11.9. The normalized spacial score (nSPS) is 17.0. The fraction of sp³-hybridized carbons (Fsp3) is 0.350. The maximum atomic E-state index is 12.8. The molecule has 0 bridgehead atoms. The molecule has 4 rings (SSSR count). The zero-order chi connectivity index (χ0) is 19.1. The van der Waals surface area contributed by atoms with Crippen LogP contribution in [0.25, 0.3) is 11.0 Å². The lowest BCUT2D eigenvalue weighted by molar-refractivity contribution is -0.130. The highest BCUT2D eigenvalue weighted by Gasteiger charge is 2.27. The van der Waals surface area contributed by atoms with Crippen LogP contribution in [0.3, 0.4) is 0 Å². The second-order valence-electron chi connectivity index (χ2n) is 7.12. The van der Waals surface area contributed by atoms with E-state index in [0.29, 0.717) is 23.5 Å². The number of aryl methyl sites for hydroxylation is 1. The summed E-state index contributed by atoms with van der Waals surface area (Å²) >= 11 is 0. The molecule has 1 aliphatic rings. The van der Waals surface area contributed by atoms with Gasteiger partial charge >= 0.3 is 5.69 Å². The molecular formula is C20H22N4O3. The molecule has 0 saturated carbocycles. The van der Waals surface area contributed by atoms with Crippen molar-refractivity contribution in [2.75, 3.05) is 13.1 Å². The van der Waals surface area contributed by atoms with Gasteiger partial charge in [-0.05, 0) is 18.1 Å². The summed E-state index contributed by atoms with van der Waals surface area (Å²) in [4.78, 5) is 39.2. The van der Waals surface area contributed by atoms with Crippen LogP contribution >= 0.6 is 0 Å². The van der Waals surface area contributed by atoms with Gasteiger partial charge in [-0.15, -0.1) is 0 Å². The first kappa shape index (κ1) is 17.3. The Kier molecular flexibility index (Phi) is 4.22. The second-order valence-corrected chi connectivity index (χ2v) is 7.12. The number of likely N-dealkylation sites (tertiary alicyclic amines) is 1. The van der Waals surface area contributed by atoms with E-state index in [2.05, 4.69) is 12.1 Å². The van der Waals surface area contributed by atoms with E-state index in [0.717, 1.165) is 17.5 Å². The highest BCUT2D eigenvalue weighted by molar-refractivity contribution is 5.81. The summed E-state index contributed by atoms with van der Waals surface area (Å²) in [6.45, 7) is 1.53. The summed E-state index contributed by atoms with van der Waals surface area (Å²) in [7, 11) is 3.08. The lowest BCUT2D eigenvalue weighted by atomic mass is 9.99. The first-order valence-corrected chi connectivity index (χ1v) is 9.05. The molecule has 1 fully saturated rings. The van der Waals surface area contributed by atoms with E-state index in [-0.39, 0.29) is 18.0 Å². The first-order valence-electron chi connectivity index (χ1n) is 9.05. The van der Waals surface area contributed by atoms with Crippen molar-refractivity contribution in [2.24, 2.45) is 14.1 Å². The van der Waals surface area contributed by atoms with E-state index >= 15 is 0 Å². The number of benzene rings is 1. The third kappa shape index (κ3) is 2.89. The van der Waals surface area contributed by atoms with Crippen molar-refractivity contribution < 1.29 is 4.79 Å². The lowest BCUT2D eigenvalue weighted by Gasteiger charge is -2.18. The first-order chi connectivity index (χ1) is 13.0. The van der Waals surface area contributed by atoms with Gasteiger partial charge in [0.25, 0.3) is 5.56 Å². The average Bonchev–Trinajstić information content (AvgIpc) is 3.33. The minimum absolute atomic E-state index is 0.000873. The van der Waals surface area contributed by atoms with Crippen molar-refractivity contribution in [3.63, 3.8) is 0 Å². The van der Waals surface area contributed by atoms with Gasteiger partial charge in [0.2, 0.25) is 5.91 Å². The molecule has 3 heterocycles. The van der Waals surface area contributed by atoms with Crippen molar-refractivity contribution in [1.29, 1.82) is 0 Å². The zero-order valence-electron chi connectivity index (χ0n) is 15.5. The third-order valence-electron chi connectivity index (χ3n) is 5.48. The van der Waals surface area contributed by atoms with Crippen LogP contribution in [0, 0.1) is 0 Å². The number of carbonyl (C=O) groups is 1. The minimum Gasteiger partial charge on any atom is -0.341 e. The molecule has 0 radical (unpaired) electrons.